The minimum atomic E-state index is 0.409. The lowest BCUT2D eigenvalue weighted by Crippen LogP contribution is -2.29. The molecule has 1 unspecified atom stereocenters. The number of ether oxygens (including phenoxy) is 1. The SMILES string of the molecule is COc1ccc(C(C)NCC2(C(C)C)CC2)cc1. The first-order valence-electron chi connectivity index (χ1n) is 6.95. The molecule has 18 heavy (non-hydrogen) atoms. The summed E-state index contributed by atoms with van der Waals surface area (Å²) in [5.41, 5.74) is 1.90. The van der Waals surface area contributed by atoms with Crippen molar-refractivity contribution in [2.45, 2.75) is 39.7 Å². The third kappa shape index (κ3) is 2.86. The fourth-order valence-electron chi connectivity index (χ4n) is 2.49. The van der Waals surface area contributed by atoms with Gasteiger partial charge in [-0.2, -0.15) is 0 Å². The minimum absolute atomic E-state index is 0.409. The van der Waals surface area contributed by atoms with Crippen LogP contribution < -0.4 is 10.1 Å². The predicted molar refractivity (Wildman–Crippen MR) is 75.9 cm³/mol. The molecule has 2 rings (SSSR count). The van der Waals surface area contributed by atoms with Crippen molar-refractivity contribution < 1.29 is 4.74 Å². The number of rotatable bonds is 6. The molecule has 2 heteroatoms. The van der Waals surface area contributed by atoms with Gasteiger partial charge in [0.25, 0.3) is 0 Å². The first-order valence-corrected chi connectivity index (χ1v) is 6.95. The molecule has 1 fully saturated rings. The van der Waals surface area contributed by atoms with Crippen molar-refractivity contribution in [1.82, 2.24) is 5.32 Å². The first-order chi connectivity index (χ1) is 8.57. The zero-order chi connectivity index (χ0) is 13.2. The Labute approximate surface area is 111 Å². The summed E-state index contributed by atoms with van der Waals surface area (Å²) in [6.45, 7) is 8.05. The summed E-state index contributed by atoms with van der Waals surface area (Å²) in [5, 5.41) is 3.68. The molecule has 0 heterocycles. The van der Waals surface area contributed by atoms with Gasteiger partial charge in [0.1, 0.15) is 5.75 Å². The third-order valence-electron chi connectivity index (χ3n) is 4.49. The molecule has 0 aromatic heterocycles. The molecule has 100 valence electrons. The maximum Gasteiger partial charge on any atom is 0.118 e. The van der Waals surface area contributed by atoms with Crippen molar-refractivity contribution in [2.75, 3.05) is 13.7 Å². The summed E-state index contributed by atoms with van der Waals surface area (Å²) < 4.78 is 5.18. The van der Waals surface area contributed by atoms with Crippen molar-refractivity contribution in [3.8, 4) is 5.75 Å². The molecular formula is C16H25NO. The number of hydrogen-bond donors (Lipinski definition) is 1. The molecule has 0 amide bonds. The zero-order valence-electron chi connectivity index (χ0n) is 12.0. The fraction of sp³-hybridized carbons (Fsp3) is 0.625. The monoisotopic (exact) mass is 247 g/mol. The molecule has 2 nitrogen and oxygen atoms in total. The average molecular weight is 247 g/mol. The van der Waals surface area contributed by atoms with Crippen LogP contribution in [0.5, 0.6) is 5.75 Å². The van der Waals surface area contributed by atoms with Gasteiger partial charge in [-0.3, -0.25) is 0 Å². The van der Waals surface area contributed by atoms with Crippen LogP contribution in [0.25, 0.3) is 0 Å². The van der Waals surface area contributed by atoms with Gasteiger partial charge in [0.15, 0.2) is 0 Å². The van der Waals surface area contributed by atoms with Gasteiger partial charge < -0.3 is 10.1 Å². The van der Waals surface area contributed by atoms with Gasteiger partial charge in [-0.25, -0.2) is 0 Å². The second-order valence-corrected chi connectivity index (χ2v) is 5.89. The van der Waals surface area contributed by atoms with E-state index in [1.807, 2.05) is 12.1 Å². The lowest BCUT2D eigenvalue weighted by Gasteiger charge is -2.23. The van der Waals surface area contributed by atoms with Gasteiger partial charge in [-0.15, -0.1) is 0 Å². The van der Waals surface area contributed by atoms with Gasteiger partial charge >= 0.3 is 0 Å². The minimum Gasteiger partial charge on any atom is -0.497 e. The summed E-state index contributed by atoms with van der Waals surface area (Å²) in [6, 6.07) is 8.76. The van der Waals surface area contributed by atoms with E-state index in [9.17, 15) is 0 Å². The summed E-state index contributed by atoms with van der Waals surface area (Å²) in [7, 11) is 1.70. The van der Waals surface area contributed by atoms with Crippen molar-refractivity contribution in [3.05, 3.63) is 29.8 Å². The predicted octanol–water partition coefficient (Wildman–Crippen LogP) is 3.78. The molecule has 0 bridgehead atoms. The normalized spacial score (nSPS) is 18.7. The highest BCUT2D eigenvalue weighted by atomic mass is 16.5. The maximum atomic E-state index is 5.18. The molecule has 1 aliphatic carbocycles. The van der Waals surface area contributed by atoms with Gasteiger partial charge in [-0.1, -0.05) is 26.0 Å². The molecular weight excluding hydrogens is 222 g/mol. The standard InChI is InChI=1S/C16H25NO/c1-12(2)16(9-10-16)11-17-13(3)14-5-7-15(18-4)8-6-14/h5-8,12-13,17H,9-11H2,1-4H3. The Balaban J connectivity index is 1.89. The van der Waals surface area contributed by atoms with Crippen LogP contribution in [0.1, 0.15) is 45.2 Å². The molecule has 0 aliphatic heterocycles. The van der Waals surface area contributed by atoms with Crippen LogP contribution in [-0.2, 0) is 0 Å². The van der Waals surface area contributed by atoms with E-state index in [0.717, 1.165) is 18.2 Å². The van der Waals surface area contributed by atoms with E-state index in [-0.39, 0.29) is 0 Å². The van der Waals surface area contributed by atoms with E-state index in [0.29, 0.717) is 11.5 Å². The van der Waals surface area contributed by atoms with Crippen molar-refractivity contribution in [2.24, 2.45) is 11.3 Å². The molecule has 0 saturated heterocycles. The van der Waals surface area contributed by atoms with Gasteiger partial charge in [0.2, 0.25) is 0 Å². The Hall–Kier alpha value is -1.02. The fourth-order valence-corrected chi connectivity index (χ4v) is 2.49. The van der Waals surface area contributed by atoms with Crippen LogP contribution in [0.3, 0.4) is 0 Å². The Morgan fingerprint density at radius 2 is 1.78 bits per heavy atom. The molecule has 1 aromatic rings. The molecule has 0 spiro atoms. The Morgan fingerprint density at radius 1 is 1.17 bits per heavy atom. The number of hydrogen-bond acceptors (Lipinski definition) is 2. The summed E-state index contributed by atoms with van der Waals surface area (Å²) in [4.78, 5) is 0. The first kappa shape index (κ1) is 13.4. The highest BCUT2D eigenvalue weighted by molar-refractivity contribution is 5.28. The molecule has 1 saturated carbocycles. The number of benzene rings is 1. The quantitative estimate of drug-likeness (QED) is 0.826. The van der Waals surface area contributed by atoms with Crippen LogP contribution in [0.15, 0.2) is 24.3 Å². The summed E-state index contributed by atoms with van der Waals surface area (Å²) in [6.07, 6.45) is 2.76. The third-order valence-corrected chi connectivity index (χ3v) is 4.49. The molecule has 1 atom stereocenters. The van der Waals surface area contributed by atoms with Crippen LogP contribution in [-0.4, -0.2) is 13.7 Å². The Morgan fingerprint density at radius 3 is 2.22 bits per heavy atom. The largest absolute Gasteiger partial charge is 0.497 e. The molecule has 1 aromatic carbocycles. The van der Waals surface area contributed by atoms with E-state index in [1.165, 1.54) is 18.4 Å². The lowest BCUT2D eigenvalue weighted by atomic mass is 9.92. The highest BCUT2D eigenvalue weighted by Gasteiger charge is 2.44. The number of methoxy groups -OCH3 is 1. The summed E-state index contributed by atoms with van der Waals surface area (Å²) in [5.74, 6) is 1.71. The summed E-state index contributed by atoms with van der Waals surface area (Å²) >= 11 is 0. The van der Waals surface area contributed by atoms with Crippen molar-refractivity contribution in [1.29, 1.82) is 0 Å². The highest BCUT2D eigenvalue weighted by Crippen LogP contribution is 2.51. The zero-order valence-corrected chi connectivity index (χ0v) is 12.0. The number of nitrogens with one attached hydrogen (secondary N) is 1. The Bertz CT molecular complexity index is 379. The maximum absolute atomic E-state index is 5.18. The van der Waals surface area contributed by atoms with Crippen LogP contribution in [0.4, 0.5) is 0 Å². The van der Waals surface area contributed by atoms with Crippen LogP contribution >= 0.6 is 0 Å². The van der Waals surface area contributed by atoms with E-state index in [4.69, 9.17) is 4.74 Å². The molecule has 1 N–H and O–H groups in total. The van der Waals surface area contributed by atoms with Gasteiger partial charge in [-0.05, 0) is 48.8 Å². The van der Waals surface area contributed by atoms with Crippen LogP contribution in [0.2, 0.25) is 0 Å². The second kappa shape index (κ2) is 5.31. The van der Waals surface area contributed by atoms with Gasteiger partial charge in [0.05, 0.1) is 7.11 Å². The van der Waals surface area contributed by atoms with Crippen LogP contribution in [0, 0.1) is 11.3 Å². The van der Waals surface area contributed by atoms with Crippen molar-refractivity contribution in [3.63, 3.8) is 0 Å². The van der Waals surface area contributed by atoms with E-state index < -0.39 is 0 Å². The van der Waals surface area contributed by atoms with E-state index >= 15 is 0 Å². The lowest BCUT2D eigenvalue weighted by molar-refractivity contribution is 0.325. The smallest absolute Gasteiger partial charge is 0.118 e. The second-order valence-electron chi connectivity index (χ2n) is 5.89. The van der Waals surface area contributed by atoms with Crippen molar-refractivity contribution >= 4 is 0 Å². The Kier molecular flexibility index (Phi) is 3.96. The van der Waals surface area contributed by atoms with E-state index in [2.05, 4.69) is 38.2 Å². The molecule has 1 aliphatic rings. The topological polar surface area (TPSA) is 21.3 Å². The van der Waals surface area contributed by atoms with E-state index in [1.54, 1.807) is 7.11 Å². The molecule has 0 radical (unpaired) electrons. The van der Waals surface area contributed by atoms with Gasteiger partial charge in [0, 0.05) is 12.6 Å². The average Bonchev–Trinajstić information content (AvgIpc) is 3.17.